The van der Waals surface area contributed by atoms with Gasteiger partial charge in [0.25, 0.3) is 5.91 Å². The molecule has 2 N–H and O–H groups in total. The van der Waals surface area contributed by atoms with Crippen molar-refractivity contribution >= 4 is 46.6 Å². The van der Waals surface area contributed by atoms with Crippen molar-refractivity contribution in [1.82, 2.24) is 10.6 Å². The monoisotopic (exact) mass is 608 g/mol. The van der Waals surface area contributed by atoms with Crippen LogP contribution in [0.1, 0.15) is 43.9 Å². The fraction of sp³-hybridized carbons (Fsp3) is 0.407. The summed E-state index contributed by atoms with van der Waals surface area (Å²) in [6.07, 6.45) is -5.60. The summed E-state index contributed by atoms with van der Waals surface area (Å²) in [5.41, 5.74) is 1.02. The van der Waals surface area contributed by atoms with E-state index in [1.54, 1.807) is 36.4 Å². The normalized spacial score (nSPS) is 13.4. The van der Waals surface area contributed by atoms with Gasteiger partial charge in [-0.3, -0.25) is 19.2 Å². The predicted octanol–water partition coefficient (Wildman–Crippen LogP) is 5.90. The minimum absolute atomic E-state index is 0.0709. The van der Waals surface area contributed by atoms with Gasteiger partial charge < -0.3 is 10.6 Å². The first kappa shape index (κ1) is 33.2. The Morgan fingerprint density at radius 2 is 1.52 bits per heavy atom. The third-order valence-electron chi connectivity index (χ3n) is 5.99. The van der Waals surface area contributed by atoms with Gasteiger partial charge in [-0.15, -0.1) is 0 Å². The van der Waals surface area contributed by atoms with Crippen LogP contribution in [0.5, 0.6) is 0 Å². The zero-order valence-electron chi connectivity index (χ0n) is 21.5. The Morgan fingerprint density at radius 3 is 2.08 bits per heavy atom. The summed E-state index contributed by atoms with van der Waals surface area (Å²) in [5, 5.41) is 4.20. The summed E-state index contributed by atoms with van der Waals surface area (Å²) in [6, 6.07) is 11.4. The second-order valence-electron chi connectivity index (χ2n) is 9.42. The van der Waals surface area contributed by atoms with E-state index < -0.39 is 66.3 Å². The van der Waals surface area contributed by atoms with Crippen LogP contribution in [-0.4, -0.2) is 42.0 Å². The Hall–Kier alpha value is -3.05. The van der Waals surface area contributed by atoms with Crippen LogP contribution in [-0.2, 0) is 25.6 Å². The number of amides is 2. The van der Waals surface area contributed by atoms with Crippen molar-refractivity contribution in [2.24, 2.45) is 11.8 Å². The summed E-state index contributed by atoms with van der Waals surface area (Å²) >= 11 is 11.9. The van der Waals surface area contributed by atoms with E-state index in [-0.39, 0.29) is 12.8 Å². The average Bonchev–Trinajstić information content (AvgIpc) is 2.88. The summed E-state index contributed by atoms with van der Waals surface area (Å²) in [7, 11) is 0. The molecule has 0 spiro atoms. The van der Waals surface area contributed by atoms with E-state index in [1.807, 2.05) is 0 Å². The molecular weight excluding hydrogens is 582 g/mol. The van der Waals surface area contributed by atoms with Crippen LogP contribution >= 0.6 is 23.2 Å². The molecule has 0 aliphatic carbocycles. The Balaban J connectivity index is 2.20. The van der Waals surface area contributed by atoms with Gasteiger partial charge in [-0.1, -0.05) is 73.4 Å². The Morgan fingerprint density at radius 1 is 0.900 bits per heavy atom. The van der Waals surface area contributed by atoms with Gasteiger partial charge in [0.15, 0.2) is 5.78 Å². The number of aryl methyl sites for hydroxylation is 1. The molecule has 2 rings (SSSR count). The van der Waals surface area contributed by atoms with Gasteiger partial charge in [-0.25, -0.2) is 0 Å². The highest BCUT2D eigenvalue weighted by Crippen LogP contribution is 2.30. The molecule has 0 aromatic heterocycles. The smallest absolute Gasteiger partial charge is 0.342 e. The summed E-state index contributed by atoms with van der Waals surface area (Å²) in [6.45, 7) is 0.657. The molecule has 2 aromatic carbocycles. The van der Waals surface area contributed by atoms with E-state index in [2.05, 4.69) is 5.32 Å². The molecule has 0 saturated heterocycles. The van der Waals surface area contributed by atoms with E-state index in [4.69, 9.17) is 23.2 Å². The Kier molecular flexibility index (Phi) is 11.6. The molecule has 0 aliphatic rings. The van der Waals surface area contributed by atoms with Crippen molar-refractivity contribution in [2.45, 2.75) is 51.3 Å². The standard InChI is InChI=1S/C27H27Cl2F5N2O4/c1-15(2)18(24(39)27(33,34)25(40)35-14-26(30,31)32)13-21(37)23(17-6-4-3-5-7-17)36-22(38)11-9-16-8-10-19(28)20(29)12-16/h3-8,10,12,15,18,23H,9,11,13-14H2,1-2H3,(H,35,40)(H,36,38)/t18-,23-/m0/s1. The summed E-state index contributed by atoms with van der Waals surface area (Å²) in [5.74, 6) is -13.2. The van der Waals surface area contributed by atoms with Crippen LogP contribution in [0.4, 0.5) is 22.0 Å². The molecule has 2 aromatic rings. The molecule has 0 heterocycles. The maximum atomic E-state index is 14.6. The first-order valence-electron chi connectivity index (χ1n) is 12.1. The maximum absolute atomic E-state index is 14.6. The molecule has 0 radical (unpaired) electrons. The van der Waals surface area contributed by atoms with Crippen LogP contribution in [0.25, 0.3) is 0 Å². The highest BCUT2D eigenvalue weighted by molar-refractivity contribution is 6.42. The zero-order chi connectivity index (χ0) is 30.3. The number of hydrogen-bond donors (Lipinski definition) is 2. The molecule has 0 fully saturated rings. The molecule has 13 heteroatoms. The number of alkyl halides is 5. The van der Waals surface area contributed by atoms with Crippen LogP contribution < -0.4 is 10.6 Å². The van der Waals surface area contributed by atoms with Crippen molar-refractivity contribution < 1.29 is 41.1 Å². The Labute approximate surface area is 237 Å². The van der Waals surface area contributed by atoms with Crippen molar-refractivity contribution in [3.63, 3.8) is 0 Å². The molecule has 6 nitrogen and oxygen atoms in total. The lowest BCUT2D eigenvalue weighted by atomic mass is 9.82. The molecule has 2 atom stereocenters. The lowest BCUT2D eigenvalue weighted by molar-refractivity contribution is -0.167. The number of Topliss-reactive ketones (excluding diaryl/α,β-unsaturated/α-hetero) is 2. The SMILES string of the molecule is CC(C)[C@H](CC(=O)[C@@H](NC(=O)CCc1ccc(Cl)c(Cl)c1)c1ccccc1)C(=O)C(F)(F)C(=O)NCC(F)(F)F. The number of benzene rings is 2. The van der Waals surface area contributed by atoms with E-state index >= 15 is 0 Å². The van der Waals surface area contributed by atoms with Crippen molar-refractivity contribution in [2.75, 3.05) is 6.54 Å². The largest absolute Gasteiger partial charge is 0.405 e. The minimum atomic E-state index is -4.97. The lowest BCUT2D eigenvalue weighted by Crippen LogP contribution is -2.51. The molecule has 218 valence electrons. The summed E-state index contributed by atoms with van der Waals surface area (Å²) < 4.78 is 66.2. The fourth-order valence-electron chi connectivity index (χ4n) is 3.78. The van der Waals surface area contributed by atoms with Gasteiger partial charge in [0.2, 0.25) is 11.7 Å². The second kappa shape index (κ2) is 14.0. The maximum Gasteiger partial charge on any atom is 0.405 e. The van der Waals surface area contributed by atoms with Crippen molar-refractivity contribution in [3.8, 4) is 0 Å². The molecular formula is C27H27Cl2F5N2O4. The number of hydrogen-bond acceptors (Lipinski definition) is 4. The summed E-state index contributed by atoms with van der Waals surface area (Å²) in [4.78, 5) is 50.5. The van der Waals surface area contributed by atoms with Crippen LogP contribution in [0, 0.1) is 11.8 Å². The lowest BCUT2D eigenvalue weighted by Gasteiger charge is -2.26. The van der Waals surface area contributed by atoms with Gasteiger partial charge >= 0.3 is 12.1 Å². The number of carbonyl (C=O) groups excluding carboxylic acids is 4. The zero-order valence-corrected chi connectivity index (χ0v) is 23.0. The number of rotatable bonds is 13. The van der Waals surface area contributed by atoms with E-state index in [1.165, 1.54) is 26.0 Å². The fourth-order valence-corrected chi connectivity index (χ4v) is 4.10. The first-order chi connectivity index (χ1) is 18.5. The third-order valence-corrected chi connectivity index (χ3v) is 6.73. The van der Waals surface area contributed by atoms with Gasteiger partial charge in [0, 0.05) is 18.8 Å². The molecule has 40 heavy (non-hydrogen) atoms. The number of nitrogens with one attached hydrogen (secondary N) is 2. The van der Waals surface area contributed by atoms with E-state index in [0.717, 1.165) is 5.32 Å². The third kappa shape index (κ3) is 9.55. The molecule has 0 saturated carbocycles. The number of ketones is 2. The van der Waals surface area contributed by atoms with Gasteiger partial charge in [-0.2, -0.15) is 22.0 Å². The van der Waals surface area contributed by atoms with Crippen LogP contribution in [0.2, 0.25) is 10.0 Å². The highest BCUT2D eigenvalue weighted by atomic mass is 35.5. The molecule has 0 bridgehead atoms. The number of halogens is 7. The van der Waals surface area contributed by atoms with E-state index in [0.29, 0.717) is 21.2 Å². The van der Waals surface area contributed by atoms with Crippen LogP contribution in [0.15, 0.2) is 48.5 Å². The second-order valence-corrected chi connectivity index (χ2v) is 10.2. The van der Waals surface area contributed by atoms with Crippen molar-refractivity contribution in [3.05, 3.63) is 69.7 Å². The molecule has 2 amide bonds. The van der Waals surface area contributed by atoms with Crippen molar-refractivity contribution in [1.29, 1.82) is 0 Å². The minimum Gasteiger partial charge on any atom is -0.342 e. The van der Waals surface area contributed by atoms with Gasteiger partial charge in [-0.05, 0) is 35.6 Å². The first-order valence-corrected chi connectivity index (χ1v) is 12.9. The predicted molar refractivity (Wildman–Crippen MR) is 139 cm³/mol. The topological polar surface area (TPSA) is 92.3 Å². The van der Waals surface area contributed by atoms with Crippen LogP contribution in [0.3, 0.4) is 0 Å². The van der Waals surface area contributed by atoms with E-state index in [9.17, 15) is 41.1 Å². The molecule has 0 unspecified atom stereocenters. The molecule has 0 aliphatic heterocycles. The highest BCUT2D eigenvalue weighted by Gasteiger charge is 2.51. The van der Waals surface area contributed by atoms with Gasteiger partial charge in [0.1, 0.15) is 12.6 Å². The quantitative estimate of drug-likeness (QED) is 0.219. The Bertz CT molecular complexity index is 1220. The average molecular weight is 609 g/mol. The number of carbonyl (C=O) groups is 4. The van der Waals surface area contributed by atoms with Gasteiger partial charge in [0.05, 0.1) is 10.0 Å².